The summed E-state index contributed by atoms with van der Waals surface area (Å²) in [6.07, 6.45) is 2.47. The highest BCUT2D eigenvalue weighted by atomic mass is 15.3. The number of nitrogens with zero attached hydrogens (tertiary/aromatic N) is 4. The molecule has 29 heavy (non-hydrogen) atoms. The molecule has 2 aromatic carbocycles. The lowest BCUT2D eigenvalue weighted by atomic mass is 10.1. The first kappa shape index (κ1) is 18.3. The fourth-order valence-electron chi connectivity index (χ4n) is 4.38. The second-order valence-corrected chi connectivity index (χ2v) is 8.32. The van der Waals surface area contributed by atoms with Crippen molar-refractivity contribution in [1.29, 1.82) is 0 Å². The van der Waals surface area contributed by atoms with Gasteiger partial charge < -0.3 is 10.6 Å². The number of nitrogens with two attached hydrogens (primary N) is 1. The van der Waals surface area contributed by atoms with Crippen molar-refractivity contribution in [3.8, 4) is 5.69 Å². The molecule has 150 valence electrons. The Labute approximate surface area is 172 Å². The van der Waals surface area contributed by atoms with Gasteiger partial charge in [-0.3, -0.25) is 4.90 Å². The van der Waals surface area contributed by atoms with E-state index in [0.29, 0.717) is 5.92 Å². The molecule has 0 atom stereocenters. The molecule has 5 nitrogen and oxygen atoms in total. The molecule has 0 radical (unpaired) electrons. The average Bonchev–Trinajstić information content (AvgIpc) is 3.55. The molecular weight excluding hydrogens is 358 g/mol. The number of nitrogen functional groups attached to an aromatic ring is 1. The van der Waals surface area contributed by atoms with Crippen LogP contribution in [0.2, 0.25) is 0 Å². The minimum Gasteiger partial charge on any atom is -0.383 e. The number of piperazine rings is 1. The van der Waals surface area contributed by atoms with Crippen molar-refractivity contribution in [3.63, 3.8) is 0 Å². The number of hydrogen-bond donors (Lipinski definition) is 1. The molecule has 1 saturated carbocycles. The van der Waals surface area contributed by atoms with Gasteiger partial charge in [0, 0.05) is 49.9 Å². The highest BCUT2D eigenvalue weighted by Crippen LogP contribution is 2.43. The maximum atomic E-state index is 6.62. The lowest BCUT2D eigenvalue weighted by molar-refractivity contribution is 0.249. The topological polar surface area (TPSA) is 50.3 Å². The predicted molar refractivity (Wildman–Crippen MR) is 119 cm³/mol. The van der Waals surface area contributed by atoms with E-state index in [0.717, 1.165) is 44.2 Å². The first-order chi connectivity index (χ1) is 14.2. The normalized spacial score (nSPS) is 17.6. The van der Waals surface area contributed by atoms with Crippen molar-refractivity contribution < 1.29 is 0 Å². The SMILES string of the molecule is Cc1ccccc1N1CCN(Cc2c(C3CC3)nn(-c3ccccc3)c2N)CC1. The zero-order valence-electron chi connectivity index (χ0n) is 17.1. The third kappa shape index (κ3) is 3.62. The minimum atomic E-state index is 0.588. The lowest BCUT2D eigenvalue weighted by Crippen LogP contribution is -2.46. The molecule has 1 aliphatic heterocycles. The maximum Gasteiger partial charge on any atom is 0.132 e. The third-order valence-electron chi connectivity index (χ3n) is 6.23. The van der Waals surface area contributed by atoms with Gasteiger partial charge in [0.2, 0.25) is 0 Å². The van der Waals surface area contributed by atoms with Crippen LogP contribution in [-0.2, 0) is 6.54 Å². The van der Waals surface area contributed by atoms with Gasteiger partial charge in [-0.15, -0.1) is 0 Å². The summed E-state index contributed by atoms with van der Waals surface area (Å²) in [5, 5.41) is 4.94. The van der Waals surface area contributed by atoms with E-state index in [1.807, 2.05) is 22.9 Å². The van der Waals surface area contributed by atoms with E-state index in [2.05, 4.69) is 53.1 Å². The van der Waals surface area contributed by atoms with Crippen LogP contribution in [0.3, 0.4) is 0 Å². The highest BCUT2D eigenvalue weighted by molar-refractivity contribution is 5.54. The zero-order chi connectivity index (χ0) is 19.8. The van der Waals surface area contributed by atoms with Crippen LogP contribution in [-0.4, -0.2) is 40.9 Å². The van der Waals surface area contributed by atoms with E-state index < -0.39 is 0 Å². The summed E-state index contributed by atoms with van der Waals surface area (Å²) in [7, 11) is 0. The summed E-state index contributed by atoms with van der Waals surface area (Å²) in [4.78, 5) is 5.04. The Balaban J connectivity index is 1.34. The fourth-order valence-corrected chi connectivity index (χ4v) is 4.38. The van der Waals surface area contributed by atoms with Gasteiger partial charge >= 0.3 is 0 Å². The average molecular weight is 388 g/mol. The fraction of sp³-hybridized carbons (Fsp3) is 0.375. The van der Waals surface area contributed by atoms with Gasteiger partial charge in [-0.25, -0.2) is 4.68 Å². The van der Waals surface area contributed by atoms with Gasteiger partial charge in [0.15, 0.2) is 0 Å². The maximum absolute atomic E-state index is 6.62. The van der Waals surface area contributed by atoms with Crippen LogP contribution in [0.25, 0.3) is 5.69 Å². The Kier molecular flexibility index (Phi) is 4.76. The third-order valence-corrected chi connectivity index (χ3v) is 6.23. The van der Waals surface area contributed by atoms with E-state index in [1.54, 1.807) is 0 Å². The van der Waals surface area contributed by atoms with Gasteiger partial charge in [-0.1, -0.05) is 36.4 Å². The Hall–Kier alpha value is -2.79. The smallest absolute Gasteiger partial charge is 0.132 e. The van der Waals surface area contributed by atoms with Crippen LogP contribution >= 0.6 is 0 Å². The lowest BCUT2D eigenvalue weighted by Gasteiger charge is -2.36. The molecule has 5 heteroatoms. The molecule has 5 rings (SSSR count). The van der Waals surface area contributed by atoms with Crippen molar-refractivity contribution in [3.05, 3.63) is 71.4 Å². The summed E-state index contributed by atoms with van der Waals surface area (Å²) in [6, 6.07) is 18.9. The number of anilines is 2. The monoisotopic (exact) mass is 387 g/mol. The number of para-hydroxylation sites is 2. The van der Waals surface area contributed by atoms with Crippen molar-refractivity contribution in [2.75, 3.05) is 36.8 Å². The van der Waals surface area contributed by atoms with Crippen LogP contribution in [0.1, 0.15) is 35.6 Å². The predicted octanol–water partition coefficient (Wildman–Crippen LogP) is 3.96. The summed E-state index contributed by atoms with van der Waals surface area (Å²) in [6.45, 7) is 7.30. The van der Waals surface area contributed by atoms with Crippen LogP contribution in [0.4, 0.5) is 11.5 Å². The summed E-state index contributed by atoms with van der Waals surface area (Å²) >= 11 is 0. The number of rotatable bonds is 5. The summed E-state index contributed by atoms with van der Waals surface area (Å²) in [5.41, 5.74) is 12.8. The van der Waals surface area contributed by atoms with Gasteiger partial charge in [0.05, 0.1) is 11.4 Å². The number of aryl methyl sites for hydroxylation is 1. The van der Waals surface area contributed by atoms with E-state index in [4.69, 9.17) is 10.8 Å². The number of benzene rings is 2. The molecule has 1 aliphatic carbocycles. The van der Waals surface area contributed by atoms with Crippen LogP contribution in [0.5, 0.6) is 0 Å². The largest absolute Gasteiger partial charge is 0.383 e. The molecule has 0 unspecified atom stereocenters. The second kappa shape index (κ2) is 7.56. The molecule has 0 amide bonds. The van der Waals surface area contributed by atoms with Crippen LogP contribution in [0.15, 0.2) is 54.6 Å². The van der Waals surface area contributed by atoms with Gasteiger partial charge in [-0.2, -0.15) is 5.10 Å². The van der Waals surface area contributed by atoms with Crippen LogP contribution < -0.4 is 10.6 Å². The van der Waals surface area contributed by atoms with E-state index >= 15 is 0 Å². The first-order valence-electron chi connectivity index (χ1n) is 10.7. The van der Waals surface area contributed by atoms with Gasteiger partial charge in [0.1, 0.15) is 5.82 Å². The van der Waals surface area contributed by atoms with Gasteiger partial charge in [0.25, 0.3) is 0 Å². The molecule has 0 bridgehead atoms. The van der Waals surface area contributed by atoms with Gasteiger partial charge in [-0.05, 0) is 43.5 Å². The summed E-state index contributed by atoms with van der Waals surface area (Å²) < 4.78 is 1.94. The van der Waals surface area contributed by atoms with Crippen molar-refractivity contribution in [1.82, 2.24) is 14.7 Å². The number of hydrogen-bond acceptors (Lipinski definition) is 4. The summed E-state index contributed by atoms with van der Waals surface area (Å²) in [5.74, 6) is 1.39. The van der Waals surface area contributed by atoms with E-state index in [-0.39, 0.29) is 0 Å². The standard InChI is InChI=1S/C24H29N5/c1-18-7-5-6-10-22(18)28-15-13-27(14-16-28)17-21-23(19-11-12-19)26-29(24(21)25)20-8-3-2-4-9-20/h2-10,19H,11-17,25H2,1H3. The quantitative estimate of drug-likeness (QED) is 0.720. The molecule has 2 heterocycles. The Bertz CT molecular complexity index is 982. The molecule has 0 spiro atoms. The highest BCUT2D eigenvalue weighted by Gasteiger charge is 2.32. The minimum absolute atomic E-state index is 0.588. The van der Waals surface area contributed by atoms with E-state index in [1.165, 1.54) is 35.3 Å². The molecule has 2 aliphatic rings. The Morgan fingerprint density at radius 1 is 0.931 bits per heavy atom. The van der Waals surface area contributed by atoms with Crippen LogP contribution in [0, 0.1) is 6.92 Å². The number of aromatic nitrogens is 2. The Morgan fingerprint density at radius 3 is 2.31 bits per heavy atom. The molecule has 3 aromatic rings. The first-order valence-corrected chi connectivity index (χ1v) is 10.7. The second-order valence-electron chi connectivity index (χ2n) is 8.32. The molecule has 2 N–H and O–H groups in total. The molecular formula is C24H29N5. The molecule has 1 saturated heterocycles. The Morgan fingerprint density at radius 2 is 1.62 bits per heavy atom. The van der Waals surface area contributed by atoms with Crippen molar-refractivity contribution >= 4 is 11.5 Å². The molecule has 1 aromatic heterocycles. The van der Waals surface area contributed by atoms with E-state index in [9.17, 15) is 0 Å². The molecule has 2 fully saturated rings. The zero-order valence-corrected chi connectivity index (χ0v) is 17.1. The van der Waals surface area contributed by atoms with Crippen molar-refractivity contribution in [2.45, 2.75) is 32.2 Å². The van der Waals surface area contributed by atoms with Crippen molar-refractivity contribution in [2.24, 2.45) is 0 Å².